The second-order valence-electron chi connectivity index (χ2n) is 8.59. The van der Waals surface area contributed by atoms with Crippen LogP contribution < -0.4 is 0 Å². The minimum atomic E-state index is -3.49. The van der Waals surface area contributed by atoms with Crippen LogP contribution in [0.4, 0.5) is 0 Å². The normalized spacial score (nSPS) is 31.7. The smallest absolute Gasteiger partial charge is 0.260 e. The standard InChI is InChI=1S/C20H26N4O2S/c25-27(26,18-10-21-16-22-18)24-14-19-8-4-5-9-20(19,15-24)13-23(12-19)11-17-6-2-1-3-7-17/h1-3,6-7,10,16H,4-5,8-9,11-15H2,(H,21,22). The molecule has 3 heterocycles. The van der Waals surface area contributed by atoms with Gasteiger partial charge >= 0.3 is 0 Å². The lowest BCUT2D eigenvalue weighted by molar-refractivity contribution is 0.0945. The minimum absolute atomic E-state index is 0.0904. The Morgan fingerprint density at radius 2 is 1.67 bits per heavy atom. The highest BCUT2D eigenvalue weighted by atomic mass is 32.2. The van der Waals surface area contributed by atoms with Crippen LogP contribution in [0, 0.1) is 10.8 Å². The number of hydrogen-bond acceptors (Lipinski definition) is 4. The van der Waals surface area contributed by atoms with E-state index in [1.807, 2.05) is 0 Å². The van der Waals surface area contributed by atoms with Gasteiger partial charge in [-0.3, -0.25) is 4.90 Å². The number of aromatic amines is 1. The zero-order chi connectivity index (χ0) is 18.5. The molecule has 2 aliphatic heterocycles. The number of likely N-dealkylation sites (tertiary alicyclic amines) is 1. The van der Waals surface area contributed by atoms with Gasteiger partial charge in [0.25, 0.3) is 10.0 Å². The highest BCUT2D eigenvalue weighted by molar-refractivity contribution is 7.89. The van der Waals surface area contributed by atoms with E-state index in [0.29, 0.717) is 13.1 Å². The number of nitrogens with one attached hydrogen (secondary N) is 1. The number of imidazole rings is 1. The van der Waals surface area contributed by atoms with Gasteiger partial charge < -0.3 is 4.98 Å². The van der Waals surface area contributed by atoms with E-state index in [0.717, 1.165) is 32.5 Å². The Labute approximate surface area is 160 Å². The van der Waals surface area contributed by atoms with Crippen molar-refractivity contribution in [3.8, 4) is 0 Å². The molecule has 0 spiro atoms. The Bertz CT molecular complexity index is 891. The monoisotopic (exact) mass is 386 g/mol. The third-order valence-corrected chi connectivity index (χ3v) is 8.75. The molecule has 1 saturated carbocycles. The Morgan fingerprint density at radius 1 is 1.00 bits per heavy atom. The second-order valence-corrected chi connectivity index (χ2v) is 10.5. The molecule has 3 aliphatic rings. The Hall–Kier alpha value is -1.70. The van der Waals surface area contributed by atoms with Gasteiger partial charge in [0.2, 0.25) is 0 Å². The Kier molecular flexibility index (Phi) is 3.97. The molecular weight excluding hydrogens is 360 g/mol. The van der Waals surface area contributed by atoms with Gasteiger partial charge in [0, 0.05) is 43.6 Å². The van der Waals surface area contributed by atoms with E-state index in [1.54, 1.807) is 4.31 Å². The zero-order valence-corrected chi connectivity index (χ0v) is 16.3. The lowest BCUT2D eigenvalue weighted by Gasteiger charge is -2.42. The average molecular weight is 387 g/mol. The molecule has 5 rings (SSSR count). The van der Waals surface area contributed by atoms with Crippen molar-refractivity contribution in [1.82, 2.24) is 19.2 Å². The third kappa shape index (κ3) is 2.67. The average Bonchev–Trinajstić information content (AvgIpc) is 3.35. The molecule has 1 aromatic carbocycles. The number of hydrogen-bond donors (Lipinski definition) is 1. The van der Waals surface area contributed by atoms with Crippen molar-refractivity contribution in [2.45, 2.75) is 37.3 Å². The van der Waals surface area contributed by atoms with Crippen LogP contribution in [0.15, 0.2) is 47.9 Å². The molecule has 1 N–H and O–H groups in total. The summed E-state index contributed by atoms with van der Waals surface area (Å²) in [4.78, 5) is 9.25. The summed E-state index contributed by atoms with van der Waals surface area (Å²) in [7, 11) is -3.49. The van der Waals surface area contributed by atoms with E-state index in [9.17, 15) is 8.42 Å². The lowest BCUT2D eigenvalue weighted by Crippen LogP contribution is -2.42. The topological polar surface area (TPSA) is 69.3 Å². The van der Waals surface area contributed by atoms with E-state index >= 15 is 0 Å². The molecule has 2 saturated heterocycles. The fraction of sp³-hybridized carbons (Fsp3) is 0.550. The van der Waals surface area contributed by atoms with Crippen molar-refractivity contribution in [3.05, 3.63) is 48.4 Å². The fourth-order valence-corrected chi connectivity index (χ4v) is 7.34. The fourth-order valence-electron chi connectivity index (χ4n) is 5.83. The molecule has 2 aromatic rings. The van der Waals surface area contributed by atoms with Crippen molar-refractivity contribution in [2.75, 3.05) is 26.2 Å². The minimum Gasteiger partial charge on any atom is -0.335 e. The number of nitrogens with zero attached hydrogens (tertiary/aromatic N) is 3. The first-order chi connectivity index (χ1) is 13.0. The quantitative estimate of drug-likeness (QED) is 0.876. The highest BCUT2D eigenvalue weighted by Gasteiger charge is 2.64. The Balaban J connectivity index is 1.42. The SMILES string of the molecule is O=S(=O)(c1cnc[nH]1)N1CC23CCCCC2(CN(Cc2ccccc2)C3)C1. The van der Waals surface area contributed by atoms with Crippen LogP contribution in [0.25, 0.3) is 0 Å². The van der Waals surface area contributed by atoms with E-state index in [-0.39, 0.29) is 15.9 Å². The van der Waals surface area contributed by atoms with Crippen molar-refractivity contribution >= 4 is 10.0 Å². The zero-order valence-electron chi connectivity index (χ0n) is 15.5. The van der Waals surface area contributed by atoms with Gasteiger partial charge in [0.05, 0.1) is 12.5 Å². The van der Waals surface area contributed by atoms with Gasteiger partial charge in [-0.15, -0.1) is 0 Å². The van der Waals surface area contributed by atoms with Gasteiger partial charge in [-0.1, -0.05) is 43.2 Å². The maximum absolute atomic E-state index is 13.1. The number of aromatic nitrogens is 2. The second kappa shape index (κ2) is 6.15. The van der Waals surface area contributed by atoms with Crippen LogP contribution in [0.2, 0.25) is 0 Å². The van der Waals surface area contributed by atoms with Crippen LogP contribution in [0.3, 0.4) is 0 Å². The van der Waals surface area contributed by atoms with Crippen molar-refractivity contribution in [3.63, 3.8) is 0 Å². The van der Waals surface area contributed by atoms with Crippen molar-refractivity contribution < 1.29 is 8.42 Å². The van der Waals surface area contributed by atoms with E-state index < -0.39 is 10.0 Å². The highest BCUT2D eigenvalue weighted by Crippen LogP contribution is 2.60. The van der Waals surface area contributed by atoms with Crippen LogP contribution >= 0.6 is 0 Å². The van der Waals surface area contributed by atoms with Crippen molar-refractivity contribution in [1.29, 1.82) is 0 Å². The van der Waals surface area contributed by atoms with Crippen molar-refractivity contribution in [2.24, 2.45) is 10.8 Å². The number of rotatable bonds is 4. The number of benzene rings is 1. The first-order valence-electron chi connectivity index (χ1n) is 9.78. The first kappa shape index (κ1) is 17.4. The van der Waals surface area contributed by atoms with E-state index in [2.05, 4.69) is 45.2 Å². The summed E-state index contributed by atoms with van der Waals surface area (Å²) in [5.74, 6) is 0. The largest absolute Gasteiger partial charge is 0.335 e. The summed E-state index contributed by atoms with van der Waals surface area (Å²) in [6.07, 6.45) is 7.54. The first-order valence-corrected chi connectivity index (χ1v) is 11.2. The molecule has 0 bridgehead atoms. The van der Waals surface area contributed by atoms with Gasteiger partial charge in [0.1, 0.15) is 0 Å². The molecule has 2 atom stereocenters. The van der Waals surface area contributed by atoms with Crippen LogP contribution in [0.1, 0.15) is 31.2 Å². The molecule has 2 unspecified atom stereocenters. The van der Waals surface area contributed by atoms with E-state index in [1.165, 1.54) is 30.9 Å². The third-order valence-electron chi connectivity index (χ3n) is 7.04. The summed E-state index contributed by atoms with van der Waals surface area (Å²) in [6.45, 7) is 4.23. The van der Waals surface area contributed by atoms with Crippen LogP contribution in [-0.4, -0.2) is 53.8 Å². The molecule has 1 aromatic heterocycles. The molecule has 3 fully saturated rings. The maximum Gasteiger partial charge on any atom is 0.260 e. The molecule has 27 heavy (non-hydrogen) atoms. The Morgan fingerprint density at radius 3 is 2.26 bits per heavy atom. The molecule has 6 nitrogen and oxygen atoms in total. The van der Waals surface area contributed by atoms with E-state index in [4.69, 9.17) is 0 Å². The molecular formula is C20H26N4O2S. The summed E-state index contributed by atoms with van der Waals surface area (Å²) in [5.41, 5.74) is 1.52. The number of H-pyrrole nitrogens is 1. The molecule has 7 heteroatoms. The van der Waals surface area contributed by atoms with Crippen LogP contribution in [0.5, 0.6) is 0 Å². The van der Waals surface area contributed by atoms with Crippen LogP contribution in [-0.2, 0) is 16.6 Å². The summed E-state index contributed by atoms with van der Waals surface area (Å²) in [6, 6.07) is 10.6. The lowest BCUT2D eigenvalue weighted by atomic mass is 9.60. The van der Waals surface area contributed by atoms with Gasteiger partial charge in [-0.2, -0.15) is 4.31 Å². The predicted molar refractivity (Wildman–Crippen MR) is 102 cm³/mol. The molecule has 144 valence electrons. The summed E-state index contributed by atoms with van der Waals surface area (Å²) in [5, 5.41) is 0.216. The van der Waals surface area contributed by atoms with Gasteiger partial charge in [-0.25, -0.2) is 13.4 Å². The van der Waals surface area contributed by atoms with Gasteiger partial charge in [0.15, 0.2) is 5.03 Å². The molecule has 0 amide bonds. The van der Waals surface area contributed by atoms with Gasteiger partial charge in [-0.05, 0) is 18.4 Å². The maximum atomic E-state index is 13.1. The predicted octanol–water partition coefficient (Wildman–Crippen LogP) is 2.48. The number of sulfonamides is 1. The molecule has 0 radical (unpaired) electrons. The summed E-state index contributed by atoms with van der Waals surface area (Å²) >= 11 is 0. The molecule has 1 aliphatic carbocycles. The summed E-state index contributed by atoms with van der Waals surface area (Å²) < 4.78 is 27.9.